The van der Waals surface area contributed by atoms with Gasteiger partial charge in [-0.25, -0.2) is 0 Å². The molecule has 0 saturated heterocycles. The summed E-state index contributed by atoms with van der Waals surface area (Å²) in [6.07, 6.45) is 5.83. The Kier molecular flexibility index (Phi) is 3.60. The van der Waals surface area contributed by atoms with E-state index in [1.165, 1.54) is 12.8 Å². The fraction of sp³-hybridized carbons (Fsp3) is 0.769. The maximum absolute atomic E-state index is 6.26. The molecule has 0 unspecified atom stereocenters. The quantitative estimate of drug-likeness (QED) is 0.824. The van der Waals surface area contributed by atoms with Crippen molar-refractivity contribution in [3.8, 4) is 0 Å². The van der Waals surface area contributed by atoms with E-state index in [-0.39, 0.29) is 0 Å². The second-order valence-electron chi connectivity index (χ2n) is 4.98. The average Bonchev–Trinajstić information content (AvgIpc) is 3.07. The summed E-state index contributed by atoms with van der Waals surface area (Å²) in [5, 5.41) is 4.56. The molecule has 1 fully saturated rings. The molecule has 4 nitrogen and oxygen atoms in total. The van der Waals surface area contributed by atoms with Crippen molar-refractivity contribution in [1.82, 2.24) is 9.78 Å². The van der Waals surface area contributed by atoms with Gasteiger partial charge in [-0.1, -0.05) is 20.3 Å². The maximum atomic E-state index is 6.26. The van der Waals surface area contributed by atoms with Crippen LogP contribution in [0.4, 0.5) is 11.5 Å². The first-order valence-corrected chi connectivity index (χ1v) is 6.77. The standard InChI is InChI=1S/C13H24N4/c1-4-6-11-12(14)13(16(3)15-11)17(9-5-2)10-7-8-10/h10H,4-9,14H2,1-3H3. The summed E-state index contributed by atoms with van der Waals surface area (Å²) in [4.78, 5) is 2.45. The lowest BCUT2D eigenvalue weighted by atomic mass is 10.2. The van der Waals surface area contributed by atoms with Crippen molar-refractivity contribution in [2.75, 3.05) is 17.2 Å². The Morgan fingerprint density at radius 1 is 1.35 bits per heavy atom. The van der Waals surface area contributed by atoms with Crippen LogP contribution in [0.3, 0.4) is 0 Å². The highest BCUT2D eigenvalue weighted by Gasteiger charge is 2.32. The minimum Gasteiger partial charge on any atom is -0.394 e. The molecule has 0 radical (unpaired) electrons. The molecule has 17 heavy (non-hydrogen) atoms. The normalized spacial score (nSPS) is 15.2. The van der Waals surface area contributed by atoms with Gasteiger partial charge in [-0.2, -0.15) is 5.10 Å². The van der Waals surface area contributed by atoms with Gasteiger partial charge in [0, 0.05) is 19.6 Å². The summed E-state index contributed by atoms with van der Waals surface area (Å²) in [7, 11) is 2.01. The summed E-state index contributed by atoms with van der Waals surface area (Å²) in [6.45, 7) is 5.47. The van der Waals surface area contributed by atoms with E-state index in [1.54, 1.807) is 0 Å². The number of hydrogen-bond donors (Lipinski definition) is 1. The van der Waals surface area contributed by atoms with Crippen LogP contribution in [0.25, 0.3) is 0 Å². The fourth-order valence-electron chi connectivity index (χ4n) is 2.44. The molecule has 1 aromatic heterocycles. The van der Waals surface area contributed by atoms with Crippen molar-refractivity contribution in [3.63, 3.8) is 0 Å². The monoisotopic (exact) mass is 236 g/mol. The maximum Gasteiger partial charge on any atom is 0.150 e. The number of hydrogen-bond acceptors (Lipinski definition) is 3. The highest BCUT2D eigenvalue weighted by molar-refractivity contribution is 5.67. The summed E-state index contributed by atoms with van der Waals surface area (Å²) in [5.41, 5.74) is 8.22. The van der Waals surface area contributed by atoms with Crippen LogP contribution >= 0.6 is 0 Å². The molecule has 1 aromatic rings. The molecule has 4 heteroatoms. The molecule has 0 amide bonds. The van der Waals surface area contributed by atoms with Gasteiger partial charge in [-0.15, -0.1) is 0 Å². The number of aromatic nitrogens is 2. The molecule has 1 aliphatic carbocycles. The Bertz CT molecular complexity index is 379. The first-order chi connectivity index (χ1) is 8.19. The van der Waals surface area contributed by atoms with Gasteiger partial charge in [0.15, 0.2) is 5.82 Å². The molecule has 1 saturated carbocycles. The van der Waals surface area contributed by atoms with Crippen LogP contribution < -0.4 is 10.6 Å². The van der Waals surface area contributed by atoms with Gasteiger partial charge < -0.3 is 10.6 Å². The van der Waals surface area contributed by atoms with Crippen molar-refractivity contribution in [1.29, 1.82) is 0 Å². The van der Waals surface area contributed by atoms with Gasteiger partial charge in [0.2, 0.25) is 0 Å². The molecule has 96 valence electrons. The van der Waals surface area contributed by atoms with Crippen LogP contribution in [0.2, 0.25) is 0 Å². The number of nitrogens with zero attached hydrogens (tertiary/aromatic N) is 3. The Balaban J connectivity index is 2.28. The Morgan fingerprint density at radius 3 is 2.59 bits per heavy atom. The summed E-state index contributed by atoms with van der Waals surface area (Å²) >= 11 is 0. The fourth-order valence-corrected chi connectivity index (χ4v) is 2.44. The largest absolute Gasteiger partial charge is 0.394 e. The second kappa shape index (κ2) is 4.98. The molecule has 2 N–H and O–H groups in total. The topological polar surface area (TPSA) is 47.1 Å². The van der Waals surface area contributed by atoms with E-state index < -0.39 is 0 Å². The Morgan fingerprint density at radius 2 is 2.06 bits per heavy atom. The molecule has 0 bridgehead atoms. The average molecular weight is 236 g/mol. The summed E-state index contributed by atoms with van der Waals surface area (Å²) in [6, 6.07) is 0.696. The zero-order valence-corrected chi connectivity index (χ0v) is 11.2. The van der Waals surface area contributed by atoms with Crippen LogP contribution in [-0.4, -0.2) is 22.4 Å². The number of aryl methyl sites for hydroxylation is 2. The van der Waals surface area contributed by atoms with E-state index >= 15 is 0 Å². The van der Waals surface area contributed by atoms with Gasteiger partial charge in [0.05, 0.1) is 11.4 Å². The number of nitrogen functional groups attached to an aromatic ring is 1. The number of nitrogens with two attached hydrogens (primary N) is 1. The van der Waals surface area contributed by atoms with Crippen molar-refractivity contribution < 1.29 is 0 Å². The number of anilines is 2. The number of rotatable bonds is 6. The van der Waals surface area contributed by atoms with Gasteiger partial charge >= 0.3 is 0 Å². The Hall–Kier alpha value is -1.19. The van der Waals surface area contributed by atoms with E-state index in [0.717, 1.165) is 43.0 Å². The molecule has 2 rings (SSSR count). The van der Waals surface area contributed by atoms with E-state index in [2.05, 4.69) is 23.8 Å². The SMILES string of the molecule is CCCc1nn(C)c(N(CCC)C2CC2)c1N. The Labute approximate surface area is 104 Å². The van der Waals surface area contributed by atoms with Crippen molar-refractivity contribution >= 4 is 11.5 Å². The van der Waals surface area contributed by atoms with E-state index in [4.69, 9.17) is 5.73 Å². The highest BCUT2D eigenvalue weighted by Crippen LogP contribution is 2.36. The third kappa shape index (κ3) is 2.40. The molecule has 0 aromatic carbocycles. The van der Waals surface area contributed by atoms with E-state index in [0.29, 0.717) is 6.04 Å². The zero-order chi connectivity index (χ0) is 12.4. The van der Waals surface area contributed by atoms with Gasteiger partial charge in [-0.05, 0) is 25.7 Å². The molecule has 1 heterocycles. The van der Waals surface area contributed by atoms with Crippen molar-refractivity contribution in [2.45, 2.75) is 52.0 Å². The minimum absolute atomic E-state index is 0.696. The summed E-state index contributed by atoms with van der Waals surface area (Å²) < 4.78 is 1.97. The first kappa shape index (κ1) is 12.3. The smallest absolute Gasteiger partial charge is 0.150 e. The van der Waals surface area contributed by atoms with Crippen molar-refractivity contribution in [3.05, 3.63) is 5.69 Å². The molecule has 0 atom stereocenters. The zero-order valence-electron chi connectivity index (χ0n) is 11.2. The van der Waals surface area contributed by atoms with Gasteiger partial charge in [-0.3, -0.25) is 4.68 Å². The van der Waals surface area contributed by atoms with Gasteiger partial charge in [0.25, 0.3) is 0 Å². The lowest BCUT2D eigenvalue weighted by Crippen LogP contribution is -2.29. The molecule has 0 aliphatic heterocycles. The van der Waals surface area contributed by atoms with Crippen LogP contribution in [0.15, 0.2) is 0 Å². The first-order valence-electron chi connectivity index (χ1n) is 6.77. The van der Waals surface area contributed by atoms with Crippen molar-refractivity contribution in [2.24, 2.45) is 7.05 Å². The molecule has 0 spiro atoms. The predicted molar refractivity (Wildman–Crippen MR) is 72.3 cm³/mol. The van der Waals surface area contributed by atoms with Crippen LogP contribution in [0.5, 0.6) is 0 Å². The lowest BCUT2D eigenvalue weighted by Gasteiger charge is -2.24. The third-order valence-corrected chi connectivity index (χ3v) is 3.34. The van der Waals surface area contributed by atoms with Crippen LogP contribution in [-0.2, 0) is 13.5 Å². The second-order valence-corrected chi connectivity index (χ2v) is 4.98. The third-order valence-electron chi connectivity index (χ3n) is 3.34. The van der Waals surface area contributed by atoms with Crippen LogP contribution in [0, 0.1) is 0 Å². The van der Waals surface area contributed by atoms with E-state index in [1.807, 2.05) is 11.7 Å². The molecular formula is C13H24N4. The highest BCUT2D eigenvalue weighted by atomic mass is 15.4. The molecular weight excluding hydrogens is 212 g/mol. The summed E-state index contributed by atoms with van der Waals surface area (Å²) in [5.74, 6) is 1.14. The minimum atomic E-state index is 0.696. The van der Waals surface area contributed by atoms with Gasteiger partial charge in [0.1, 0.15) is 0 Å². The van der Waals surface area contributed by atoms with E-state index in [9.17, 15) is 0 Å². The predicted octanol–water partition coefficient (Wildman–Crippen LogP) is 2.33. The molecule has 1 aliphatic rings. The lowest BCUT2D eigenvalue weighted by molar-refractivity contribution is 0.678. The van der Waals surface area contributed by atoms with Crippen LogP contribution in [0.1, 0.15) is 45.2 Å².